The maximum atomic E-state index is 2.53. The van der Waals surface area contributed by atoms with Crippen molar-refractivity contribution in [3.05, 3.63) is 0 Å². The fraction of sp³-hybridized carbons (Fsp3) is 1.00. The van der Waals surface area contributed by atoms with E-state index in [0.29, 0.717) is 5.41 Å². The first-order valence-corrected chi connectivity index (χ1v) is 7.10. The van der Waals surface area contributed by atoms with Crippen molar-refractivity contribution in [3.63, 3.8) is 0 Å². The lowest BCUT2D eigenvalue weighted by Gasteiger charge is -2.46. The molecule has 0 heteroatoms. The molecule has 84 valence electrons. The topological polar surface area (TPSA) is 0 Å². The van der Waals surface area contributed by atoms with Gasteiger partial charge in [0.2, 0.25) is 0 Å². The van der Waals surface area contributed by atoms with Gasteiger partial charge >= 0.3 is 0 Å². The molecule has 0 heterocycles. The molecule has 5 atom stereocenters. The highest BCUT2D eigenvalue weighted by Crippen LogP contribution is 2.73. The van der Waals surface area contributed by atoms with Gasteiger partial charge in [-0.15, -0.1) is 0 Å². The molecule has 0 aliphatic heterocycles. The summed E-state index contributed by atoms with van der Waals surface area (Å²) in [6.07, 6.45) is 11.2. The zero-order valence-corrected chi connectivity index (χ0v) is 10.3. The molecule has 0 radical (unpaired) electrons. The molecule has 0 aromatic heterocycles. The minimum atomic E-state index is 0.692. The predicted molar refractivity (Wildman–Crippen MR) is 62.5 cm³/mol. The van der Waals surface area contributed by atoms with Crippen molar-refractivity contribution in [2.24, 2.45) is 34.5 Å². The molecule has 4 aliphatic carbocycles. The van der Waals surface area contributed by atoms with Crippen molar-refractivity contribution < 1.29 is 0 Å². The van der Waals surface area contributed by atoms with Gasteiger partial charge in [0.25, 0.3) is 0 Å². The molecule has 0 nitrogen and oxygen atoms in total. The predicted octanol–water partition coefficient (Wildman–Crippen LogP) is 4.25. The van der Waals surface area contributed by atoms with Crippen LogP contribution < -0.4 is 0 Å². The van der Waals surface area contributed by atoms with E-state index in [1.165, 1.54) is 0 Å². The Kier molecular flexibility index (Phi) is 1.49. The first-order chi connectivity index (χ1) is 7.10. The van der Waals surface area contributed by atoms with E-state index in [4.69, 9.17) is 0 Å². The van der Waals surface area contributed by atoms with Crippen LogP contribution in [0.5, 0.6) is 0 Å². The third-order valence-electron chi connectivity index (χ3n) is 6.91. The highest BCUT2D eigenvalue weighted by atomic mass is 14.7. The Hall–Kier alpha value is 0. The van der Waals surface area contributed by atoms with E-state index in [0.717, 1.165) is 29.1 Å². The summed E-state index contributed by atoms with van der Waals surface area (Å²) in [7, 11) is 0. The van der Waals surface area contributed by atoms with Crippen LogP contribution in [0.2, 0.25) is 0 Å². The molecule has 4 rings (SSSR count). The van der Waals surface area contributed by atoms with Crippen molar-refractivity contribution in [2.75, 3.05) is 0 Å². The average molecular weight is 204 g/mol. The fourth-order valence-electron chi connectivity index (χ4n) is 6.21. The summed E-state index contributed by atoms with van der Waals surface area (Å²) in [5.74, 6) is 4.53. The molecule has 0 aromatic rings. The number of hydrogen-bond donors (Lipinski definition) is 0. The Morgan fingerprint density at radius 3 is 2.13 bits per heavy atom. The summed E-state index contributed by atoms with van der Waals surface area (Å²) in [5, 5.41) is 0. The van der Waals surface area contributed by atoms with E-state index in [9.17, 15) is 0 Å². The van der Waals surface area contributed by atoms with Crippen molar-refractivity contribution in [3.8, 4) is 0 Å². The van der Waals surface area contributed by atoms with Crippen LogP contribution in [0.1, 0.15) is 58.8 Å². The first-order valence-electron chi connectivity index (χ1n) is 7.10. The molecular formula is C15H24. The summed E-state index contributed by atoms with van der Waals surface area (Å²) in [6, 6.07) is 0. The van der Waals surface area contributed by atoms with Crippen LogP contribution in [0, 0.1) is 34.5 Å². The molecule has 4 aliphatic rings. The molecule has 4 fully saturated rings. The average Bonchev–Trinajstić information content (AvgIpc) is 2.84. The smallest absolute Gasteiger partial charge is 0.0235 e. The molecule has 0 aromatic carbocycles. The van der Waals surface area contributed by atoms with Gasteiger partial charge in [-0.3, -0.25) is 0 Å². The van der Waals surface area contributed by atoms with Gasteiger partial charge in [-0.2, -0.15) is 0 Å². The Balaban J connectivity index is 1.67. The molecule has 0 N–H and O–H groups in total. The quantitative estimate of drug-likeness (QED) is 0.553. The maximum Gasteiger partial charge on any atom is -0.0235 e. The number of rotatable bonds is 0. The van der Waals surface area contributed by atoms with Gasteiger partial charge in [0.1, 0.15) is 0 Å². The zero-order chi connectivity index (χ0) is 10.3. The third kappa shape index (κ3) is 0.953. The second-order valence-electron chi connectivity index (χ2n) is 7.84. The summed E-state index contributed by atoms with van der Waals surface area (Å²) in [6.45, 7) is 5.05. The molecule has 4 saturated carbocycles. The largest absolute Gasteiger partial charge is 0.0596 e. The van der Waals surface area contributed by atoms with Gasteiger partial charge in [-0.05, 0) is 73.0 Å². The fourth-order valence-corrected chi connectivity index (χ4v) is 6.21. The molecule has 1 spiro atoms. The van der Waals surface area contributed by atoms with Crippen molar-refractivity contribution >= 4 is 0 Å². The first kappa shape index (κ1) is 9.07. The van der Waals surface area contributed by atoms with Gasteiger partial charge in [0.15, 0.2) is 0 Å². The molecule has 5 unspecified atom stereocenters. The van der Waals surface area contributed by atoms with Gasteiger partial charge < -0.3 is 0 Å². The van der Waals surface area contributed by atoms with Gasteiger partial charge in [-0.25, -0.2) is 0 Å². The van der Waals surface area contributed by atoms with E-state index < -0.39 is 0 Å². The molecule has 0 amide bonds. The molecule has 4 bridgehead atoms. The monoisotopic (exact) mass is 204 g/mol. The van der Waals surface area contributed by atoms with E-state index in [1.54, 1.807) is 44.9 Å². The van der Waals surface area contributed by atoms with Crippen LogP contribution in [0.25, 0.3) is 0 Å². The summed E-state index contributed by atoms with van der Waals surface area (Å²) in [4.78, 5) is 0. The third-order valence-corrected chi connectivity index (χ3v) is 6.91. The van der Waals surface area contributed by atoms with Crippen LogP contribution in [-0.4, -0.2) is 0 Å². The minimum absolute atomic E-state index is 0.692. The van der Waals surface area contributed by atoms with E-state index in [1.807, 2.05) is 0 Å². The van der Waals surface area contributed by atoms with Gasteiger partial charge in [0.05, 0.1) is 0 Å². The van der Waals surface area contributed by atoms with E-state index in [-0.39, 0.29) is 0 Å². The van der Waals surface area contributed by atoms with Crippen molar-refractivity contribution in [1.29, 1.82) is 0 Å². The van der Waals surface area contributed by atoms with Crippen LogP contribution in [0.15, 0.2) is 0 Å². The molecule has 0 saturated heterocycles. The Labute approximate surface area is 93.8 Å². The lowest BCUT2D eigenvalue weighted by Crippen LogP contribution is -2.38. The van der Waals surface area contributed by atoms with Crippen molar-refractivity contribution in [2.45, 2.75) is 58.8 Å². The normalized spacial score (nSPS) is 59.6. The van der Waals surface area contributed by atoms with E-state index in [2.05, 4.69) is 13.8 Å². The highest BCUT2D eigenvalue weighted by molar-refractivity contribution is 5.13. The van der Waals surface area contributed by atoms with Crippen LogP contribution >= 0.6 is 0 Å². The number of fused-ring (bicyclic) bond motifs is 6. The Morgan fingerprint density at radius 1 is 0.800 bits per heavy atom. The molecular weight excluding hydrogens is 180 g/mol. The molecule has 15 heavy (non-hydrogen) atoms. The Morgan fingerprint density at radius 2 is 1.67 bits per heavy atom. The summed E-state index contributed by atoms with van der Waals surface area (Å²) >= 11 is 0. The van der Waals surface area contributed by atoms with Crippen LogP contribution in [0.3, 0.4) is 0 Å². The van der Waals surface area contributed by atoms with Crippen LogP contribution in [0.4, 0.5) is 0 Å². The van der Waals surface area contributed by atoms with Gasteiger partial charge in [0, 0.05) is 0 Å². The Bertz CT molecular complexity index is 303. The maximum absolute atomic E-state index is 2.53. The lowest BCUT2D eigenvalue weighted by atomic mass is 9.59. The standard InChI is InChI=1S/C15H24/c1-14(2)8-13-6-12(14)9-15(13)7-10-3-4-11(15)5-10/h10-13H,3-9H2,1-2H3. The lowest BCUT2D eigenvalue weighted by molar-refractivity contribution is 0.0340. The second kappa shape index (κ2) is 2.46. The minimum Gasteiger partial charge on any atom is -0.0596 e. The summed E-state index contributed by atoms with van der Waals surface area (Å²) < 4.78 is 0. The second-order valence-corrected chi connectivity index (χ2v) is 7.84. The SMILES string of the molecule is CC1(C)CC2CC1CC21CC2CCC1C2. The van der Waals surface area contributed by atoms with Crippen molar-refractivity contribution in [1.82, 2.24) is 0 Å². The zero-order valence-electron chi connectivity index (χ0n) is 10.3. The highest BCUT2D eigenvalue weighted by Gasteiger charge is 2.64. The van der Waals surface area contributed by atoms with E-state index >= 15 is 0 Å². The summed E-state index contributed by atoms with van der Waals surface area (Å²) in [5.41, 5.74) is 1.57. The number of hydrogen-bond acceptors (Lipinski definition) is 0. The van der Waals surface area contributed by atoms with Crippen LogP contribution in [-0.2, 0) is 0 Å². The van der Waals surface area contributed by atoms with Gasteiger partial charge in [-0.1, -0.05) is 20.3 Å².